The molecule has 7 heteroatoms. The third-order valence-corrected chi connectivity index (χ3v) is 2.85. The molecule has 0 aliphatic carbocycles. The minimum atomic E-state index is -3.50. The van der Waals surface area contributed by atoms with E-state index in [9.17, 15) is 14.2 Å². The van der Waals surface area contributed by atoms with Crippen LogP contribution >= 0.6 is 7.60 Å². The van der Waals surface area contributed by atoms with Gasteiger partial charge in [-0.05, 0) is 19.8 Å². The van der Waals surface area contributed by atoms with Crippen LogP contribution in [0.25, 0.3) is 0 Å². The summed E-state index contributed by atoms with van der Waals surface area (Å²) in [6.07, 6.45) is 0. The molecule has 0 aromatic rings. The van der Waals surface area contributed by atoms with E-state index in [1.54, 1.807) is 0 Å². The summed E-state index contributed by atoms with van der Waals surface area (Å²) in [5.41, 5.74) is 2.14. The second-order valence-corrected chi connectivity index (χ2v) is 4.54. The molecular formula is C9H12KO5P. The molecule has 0 N–H and O–H groups in total. The molecule has 0 bridgehead atoms. The van der Waals surface area contributed by atoms with Crippen LogP contribution in [-0.2, 0) is 23.2 Å². The molecule has 0 radical (unpaired) electrons. The normalized spacial score (nSPS) is 9.50. The maximum absolute atomic E-state index is 11.4. The fourth-order valence-corrected chi connectivity index (χ4v) is 1.29. The van der Waals surface area contributed by atoms with Gasteiger partial charge in [0.25, 0.3) is 0 Å². The molecule has 0 aromatic carbocycles. The fraction of sp³-hybridized carbons (Fsp3) is 0.444. The predicted molar refractivity (Wildman–Crippen MR) is 54.0 cm³/mol. The Labute approximate surface area is 138 Å². The molecule has 0 spiro atoms. The van der Waals surface area contributed by atoms with E-state index in [4.69, 9.17) is 0 Å². The first-order chi connectivity index (χ1) is 6.86. The maximum atomic E-state index is 11.4. The molecule has 0 saturated carbocycles. The van der Waals surface area contributed by atoms with Crippen LogP contribution in [0.5, 0.6) is 0 Å². The zero-order valence-corrected chi connectivity index (χ0v) is 14.0. The first-order valence-corrected chi connectivity index (χ1v) is 5.54. The third-order valence-electron chi connectivity index (χ3n) is 1.50. The second-order valence-electron chi connectivity index (χ2n) is 2.59. The standard InChI is InChI=1S/C9H12O5P.K/c1-7(10)9(8(2)11)5-6-15(12,13-3)14-4;/h1-4H3;/q-1;+1. The Morgan fingerprint density at radius 2 is 1.50 bits per heavy atom. The van der Waals surface area contributed by atoms with Crippen molar-refractivity contribution >= 4 is 19.2 Å². The van der Waals surface area contributed by atoms with Crippen molar-refractivity contribution in [2.24, 2.45) is 0 Å². The van der Waals surface area contributed by atoms with E-state index in [1.165, 1.54) is 28.1 Å². The topological polar surface area (TPSA) is 69.7 Å². The molecule has 0 atom stereocenters. The predicted octanol–water partition coefficient (Wildman–Crippen LogP) is -1.81. The van der Waals surface area contributed by atoms with E-state index < -0.39 is 19.2 Å². The number of hydrogen-bond donors (Lipinski definition) is 0. The van der Waals surface area contributed by atoms with Crippen LogP contribution in [0.3, 0.4) is 0 Å². The zero-order chi connectivity index (χ0) is 12.1. The van der Waals surface area contributed by atoms with Gasteiger partial charge in [-0.15, -0.1) is 0 Å². The molecular weight excluding hydrogens is 258 g/mol. The van der Waals surface area contributed by atoms with E-state index in [0.717, 1.165) is 0 Å². The molecule has 0 fully saturated rings. The zero-order valence-electron chi connectivity index (χ0n) is 9.99. The summed E-state index contributed by atoms with van der Waals surface area (Å²) < 4.78 is 20.5. The molecule has 0 amide bonds. The van der Waals surface area contributed by atoms with Crippen LogP contribution in [0.1, 0.15) is 13.8 Å². The summed E-state index contributed by atoms with van der Waals surface area (Å²) in [7, 11) is -1.17. The monoisotopic (exact) mass is 270 g/mol. The summed E-state index contributed by atoms with van der Waals surface area (Å²) in [6, 6.07) is 0. The summed E-state index contributed by atoms with van der Waals surface area (Å²) in [6.45, 7) is 2.41. The fourth-order valence-electron chi connectivity index (χ4n) is 0.714. The number of ketones is 2. The van der Waals surface area contributed by atoms with Gasteiger partial charge in [0.05, 0.1) is 11.6 Å². The minimum absolute atomic E-state index is 0. The molecule has 0 saturated heterocycles. The molecule has 5 nitrogen and oxygen atoms in total. The van der Waals surface area contributed by atoms with E-state index in [-0.39, 0.29) is 57.3 Å². The van der Waals surface area contributed by atoms with Gasteiger partial charge >= 0.3 is 59.0 Å². The Bertz CT molecular complexity index is 346. The number of Topliss-reactive ketones (excluding diaryl/α,β-unsaturated/α-hetero) is 2. The maximum Gasteiger partial charge on any atom is 1.00 e. The van der Waals surface area contributed by atoms with Crippen LogP contribution in [0.2, 0.25) is 0 Å². The quantitative estimate of drug-likeness (QED) is 0.198. The molecule has 0 aliphatic heterocycles. The first-order valence-electron chi connectivity index (χ1n) is 4.00. The summed E-state index contributed by atoms with van der Waals surface area (Å²) in [5, 5.41) is 0. The van der Waals surface area contributed by atoms with Crippen molar-refractivity contribution in [3.05, 3.63) is 5.92 Å². The smallest absolute Gasteiger partial charge is 0.317 e. The molecule has 0 unspecified atom stereocenters. The number of rotatable bonds is 4. The number of hydrogen-bond acceptors (Lipinski definition) is 5. The van der Waals surface area contributed by atoms with E-state index >= 15 is 0 Å². The van der Waals surface area contributed by atoms with Gasteiger partial charge in [0, 0.05) is 14.2 Å². The largest absolute Gasteiger partial charge is 1.00 e. The van der Waals surface area contributed by atoms with Crippen molar-refractivity contribution in [3.63, 3.8) is 0 Å². The van der Waals surface area contributed by atoms with Crippen molar-refractivity contribution in [3.8, 4) is 11.6 Å². The van der Waals surface area contributed by atoms with Crippen molar-refractivity contribution in [1.29, 1.82) is 0 Å². The van der Waals surface area contributed by atoms with Gasteiger partial charge in [0.15, 0.2) is 0 Å². The molecule has 84 valence electrons. The average molecular weight is 270 g/mol. The molecule has 0 heterocycles. The van der Waals surface area contributed by atoms with Gasteiger partial charge < -0.3 is 18.6 Å². The SMILES string of the molecule is COP(=O)(C#C[C-](C(C)=O)C(C)=O)OC.[K+]. The van der Waals surface area contributed by atoms with E-state index in [1.807, 2.05) is 0 Å². The Hall–Kier alpha value is 0.556. The first kappa shape index (κ1) is 18.9. The van der Waals surface area contributed by atoms with Crippen molar-refractivity contribution in [1.82, 2.24) is 0 Å². The van der Waals surface area contributed by atoms with Crippen LogP contribution in [0, 0.1) is 17.5 Å². The molecule has 0 aromatic heterocycles. The molecule has 0 aliphatic rings. The number of carbonyl (C=O) groups excluding carboxylic acids is 2. The van der Waals surface area contributed by atoms with Gasteiger partial charge in [0.1, 0.15) is 0 Å². The van der Waals surface area contributed by atoms with Crippen LogP contribution < -0.4 is 51.4 Å². The van der Waals surface area contributed by atoms with Gasteiger partial charge in [0.2, 0.25) is 0 Å². The Balaban J connectivity index is 0. The Morgan fingerprint density at radius 3 is 1.75 bits per heavy atom. The summed E-state index contributed by atoms with van der Waals surface area (Å²) in [4.78, 5) is 21.9. The van der Waals surface area contributed by atoms with Crippen LogP contribution in [0.4, 0.5) is 0 Å². The van der Waals surface area contributed by atoms with E-state index in [2.05, 4.69) is 20.6 Å². The van der Waals surface area contributed by atoms with Crippen molar-refractivity contribution < 1.29 is 74.6 Å². The second kappa shape index (κ2) is 8.62. The number of carbonyl (C=O) groups is 2. The van der Waals surface area contributed by atoms with Gasteiger partial charge in [-0.2, -0.15) is 0 Å². The van der Waals surface area contributed by atoms with Crippen LogP contribution in [-0.4, -0.2) is 25.8 Å². The van der Waals surface area contributed by atoms with E-state index in [0.29, 0.717) is 0 Å². The molecule has 0 rings (SSSR count). The Kier molecular flexibility index (Phi) is 10.2. The summed E-state index contributed by atoms with van der Waals surface area (Å²) >= 11 is 0. The van der Waals surface area contributed by atoms with Gasteiger partial charge in [-0.25, -0.2) is 5.66 Å². The minimum Gasteiger partial charge on any atom is -0.317 e. The van der Waals surface area contributed by atoms with Gasteiger partial charge in [-0.1, -0.05) is 0 Å². The average Bonchev–Trinajstić information content (AvgIpc) is 2.16. The molecule has 16 heavy (non-hydrogen) atoms. The Morgan fingerprint density at radius 1 is 1.12 bits per heavy atom. The summed E-state index contributed by atoms with van der Waals surface area (Å²) in [5.74, 6) is 1.04. The third kappa shape index (κ3) is 6.33. The van der Waals surface area contributed by atoms with Crippen LogP contribution in [0.15, 0.2) is 0 Å². The van der Waals surface area contributed by atoms with Crippen molar-refractivity contribution in [2.45, 2.75) is 13.8 Å². The van der Waals surface area contributed by atoms with Crippen molar-refractivity contribution in [2.75, 3.05) is 14.2 Å². The van der Waals surface area contributed by atoms with Gasteiger partial charge in [-0.3, -0.25) is 10.5 Å².